The van der Waals surface area contributed by atoms with Gasteiger partial charge in [0.2, 0.25) is 5.91 Å². The van der Waals surface area contributed by atoms with Gasteiger partial charge < -0.3 is 5.32 Å². The minimum absolute atomic E-state index is 0.231. The molecule has 2 fully saturated rings. The number of carbonyl (C=O) groups is 1. The Bertz CT molecular complexity index is 180. The Balaban J connectivity index is 2.05. The van der Waals surface area contributed by atoms with Crippen LogP contribution in [0.4, 0.5) is 0 Å². The molecule has 2 aliphatic rings. The normalized spacial score (nSPS) is 43.4. The van der Waals surface area contributed by atoms with E-state index in [-0.39, 0.29) is 11.4 Å². The molecule has 2 unspecified atom stereocenters. The van der Waals surface area contributed by atoms with Gasteiger partial charge in [0.1, 0.15) is 0 Å². The maximum Gasteiger partial charge on any atom is 0.222 e. The van der Waals surface area contributed by atoms with Crippen LogP contribution >= 0.6 is 0 Å². The van der Waals surface area contributed by atoms with E-state index in [2.05, 4.69) is 12.2 Å². The molecule has 62 valence electrons. The summed E-state index contributed by atoms with van der Waals surface area (Å²) in [5, 5.41) is 3.07. The first kappa shape index (κ1) is 7.14. The molecular weight excluding hydrogens is 138 g/mol. The van der Waals surface area contributed by atoms with Crippen LogP contribution in [0.5, 0.6) is 0 Å². The van der Waals surface area contributed by atoms with Crippen molar-refractivity contribution in [2.24, 2.45) is 5.92 Å². The minimum Gasteiger partial charge on any atom is -0.350 e. The predicted octanol–water partition coefficient (Wildman–Crippen LogP) is 1.46. The second-order valence-corrected chi connectivity index (χ2v) is 4.03. The highest BCUT2D eigenvalue weighted by Gasteiger charge is 2.47. The van der Waals surface area contributed by atoms with Crippen LogP contribution in [0.15, 0.2) is 0 Å². The van der Waals surface area contributed by atoms with Gasteiger partial charge in [-0.05, 0) is 18.8 Å². The Hall–Kier alpha value is -0.530. The molecule has 1 aliphatic carbocycles. The highest BCUT2D eigenvalue weighted by Crippen LogP contribution is 2.40. The maximum atomic E-state index is 10.8. The van der Waals surface area contributed by atoms with E-state index in [4.69, 9.17) is 0 Å². The van der Waals surface area contributed by atoms with Crippen molar-refractivity contribution in [1.82, 2.24) is 5.32 Å². The topological polar surface area (TPSA) is 29.1 Å². The zero-order valence-electron chi connectivity index (χ0n) is 7.02. The lowest BCUT2D eigenvalue weighted by molar-refractivity contribution is -0.136. The van der Waals surface area contributed by atoms with Crippen molar-refractivity contribution in [3.8, 4) is 0 Å². The van der Waals surface area contributed by atoms with E-state index in [0.717, 1.165) is 6.42 Å². The Labute approximate surface area is 67.4 Å². The molecule has 1 aliphatic heterocycles. The fraction of sp³-hybridized carbons (Fsp3) is 0.889. The number of rotatable bonds is 0. The molecule has 1 N–H and O–H groups in total. The molecule has 1 amide bonds. The molecule has 0 radical (unpaired) electrons. The van der Waals surface area contributed by atoms with Crippen LogP contribution < -0.4 is 5.32 Å². The third-order valence-corrected chi connectivity index (χ3v) is 3.32. The molecular formula is C9H15NO. The molecule has 0 aromatic carbocycles. The van der Waals surface area contributed by atoms with Crippen molar-refractivity contribution >= 4 is 5.91 Å². The molecule has 0 aromatic heterocycles. The number of β-lactam (4-membered cyclic amide) rings is 1. The molecule has 0 aromatic rings. The molecule has 2 atom stereocenters. The second kappa shape index (κ2) is 2.23. The van der Waals surface area contributed by atoms with Gasteiger partial charge in [0.05, 0.1) is 5.54 Å². The van der Waals surface area contributed by atoms with Crippen molar-refractivity contribution in [3.63, 3.8) is 0 Å². The first-order valence-electron chi connectivity index (χ1n) is 4.54. The third kappa shape index (κ3) is 0.959. The van der Waals surface area contributed by atoms with Crippen molar-refractivity contribution < 1.29 is 4.79 Å². The monoisotopic (exact) mass is 153 g/mol. The van der Waals surface area contributed by atoms with Crippen LogP contribution in [-0.4, -0.2) is 11.4 Å². The highest BCUT2D eigenvalue weighted by atomic mass is 16.2. The summed E-state index contributed by atoms with van der Waals surface area (Å²) in [5.74, 6) is 0.952. The van der Waals surface area contributed by atoms with E-state index in [1.807, 2.05) is 0 Å². The number of nitrogens with one attached hydrogen (secondary N) is 1. The van der Waals surface area contributed by atoms with Crippen LogP contribution in [0.3, 0.4) is 0 Å². The highest BCUT2D eigenvalue weighted by molar-refractivity contribution is 5.84. The zero-order chi connectivity index (χ0) is 7.90. The maximum absolute atomic E-state index is 10.8. The quantitative estimate of drug-likeness (QED) is 0.524. The molecule has 0 bridgehead atoms. The van der Waals surface area contributed by atoms with Gasteiger partial charge in [-0.15, -0.1) is 0 Å². The summed E-state index contributed by atoms with van der Waals surface area (Å²) in [4.78, 5) is 10.8. The van der Waals surface area contributed by atoms with Gasteiger partial charge in [0.25, 0.3) is 0 Å². The second-order valence-electron chi connectivity index (χ2n) is 4.03. The van der Waals surface area contributed by atoms with Gasteiger partial charge in [-0.25, -0.2) is 0 Å². The molecule has 1 saturated heterocycles. The van der Waals surface area contributed by atoms with Crippen LogP contribution in [-0.2, 0) is 4.79 Å². The van der Waals surface area contributed by atoms with Gasteiger partial charge in [-0.3, -0.25) is 4.79 Å². The van der Waals surface area contributed by atoms with E-state index >= 15 is 0 Å². The molecule has 1 heterocycles. The lowest BCUT2D eigenvalue weighted by Crippen LogP contribution is -2.65. The minimum atomic E-state index is 0.231. The number of hydrogen-bond donors (Lipinski definition) is 1. The largest absolute Gasteiger partial charge is 0.350 e. The standard InChI is InChI=1S/C9H15NO/c1-7-4-2-3-5-9(7)6-8(11)10-9/h7H,2-6H2,1H3,(H,10,11). The molecule has 2 rings (SSSR count). The fourth-order valence-electron chi connectivity index (χ4n) is 2.41. The first-order valence-corrected chi connectivity index (χ1v) is 4.54. The van der Waals surface area contributed by atoms with E-state index in [0.29, 0.717) is 5.92 Å². The Morgan fingerprint density at radius 2 is 2.27 bits per heavy atom. The van der Waals surface area contributed by atoms with E-state index in [9.17, 15) is 4.79 Å². The average molecular weight is 153 g/mol. The van der Waals surface area contributed by atoms with Gasteiger partial charge >= 0.3 is 0 Å². The molecule has 2 nitrogen and oxygen atoms in total. The van der Waals surface area contributed by atoms with Crippen LogP contribution in [0, 0.1) is 5.92 Å². The fourth-order valence-corrected chi connectivity index (χ4v) is 2.41. The summed E-state index contributed by atoms with van der Waals surface area (Å²) >= 11 is 0. The Morgan fingerprint density at radius 3 is 2.82 bits per heavy atom. The summed E-state index contributed by atoms with van der Waals surface area (Å²) in [6, 6.07) is 0. The van der Waals surface area contributed by atoms with Crippen LogP contribution in [0.25, 0.3) is 0 Å². The Morgan fingerprint density at radius 1 is 1.55 bits per heavy atom. The van der Waals surface area contributed by atoms with Crippen molar-refractivity contribution in [1.29, 1.82) is 0 Å². The van der Waals surface area contributed by atoms with Gasteiger partial charge in [-0.2, -0.15) is 0 Å². The predicted molar refractivity (Wildman–Crippen MR) is 43.1 cm³/mol. The number of carbonyl (C=O) groups excluding carboxylic acids is 1. The van der Waals surface area contributed by atoms with Crippen LogP contribution in [0.1, 0.15) is 39.0 Å². The third-order valence-electron chi connectivity index (χ3n) is 3.32. The molecule has 2 heteroatoms. The summed E-state index contributed by atoms with van der Waals surface area (Å²) in [6.45, 7) is 2.26. The zero-order valence-corrected chi connectivity index (χ0v) is 7.02. The van der Waals surface area contributed by atoms with Crippen LogP contribution in [0.2, 0.25) is 0 Å². The SMILES string of the molecule is CC1CCCCC12CC(=O)N2. The van der Waals surface area contributed by atoms with E-state index in [1.54, 1.807) is 0 Å². The van der Waals surface area contributed by atoms with Crippen molar-refractivity contribution in [3.05, 3.63) is 0 Å². The van der Waals surface area contributed by atoms with E-state index < -0.39 is 0 Å². The lowest BCUT2D eigenvalue weighted by Gasteiger charge is -2.49. The number of hydrogen-bond acceptors (Lipinski definition) is 1. The summed E-state index contributed by atoms with van der Waals surface area (Å²) in [6.07, 6.45) is 5.93. The van der Waals surface area contributed by atoms with Crippen molar-refractivity contribution in [2.45, 2.75) is 44.6 Å². The van der Waals surface area contributed by atoms with E-state index in [1.165, 1.54) is 25.7 Å². The van der Waals surface area contributed by atoms with Gasteiger partial charge in [-0.1, -0.05) is 19.8 Å². The first-order chi connectivity index (χ1) is 5.23. The van der Waals surface area contributed by atoms with Crippen molar-refractivity contribution in [2.75, 3.05) is 0 Å². The van der Waals surface area contributed by atoms with Gasteiger partial charge in [0, 0.05) is 6.42 Å². The molecule has 1 saturated carbocycles. The smallest absolute Gasteiger partial charge is 0.222 e. The lowest BCUT2D eigenvalue weighted by atomic mass is 9.68. The van der Waals surface area contributed by atoms with Gasteiger partial charge in [0.15, 0.2) is 0 Å². The summed E-state index contributed by atoms with van der Waals surface area (Å²) in [7, 11) is 0. The number of amides is 1. The molecule has 1 spiro atoms. The Kier molecular flexibility index (Phi) is 1.44. The average Bonchev–Trinajstić information content (AvgIpc) is 1.92. The summed E-state index contributed by atoms with van der Waals surface area (Å²) < 4.78 is 0. The summed E-state index contributed by atoms with van der Waals surface area (Å²) in [5.41, 5.74) is 0.231. The molecule has 11 heavy (non-hydrogen) atoms.